The average Bonchev–Trinajstić information content (AvgIpc) is 2.59. The van der Waals surface area contributed by atoms with Gasteiger partial charge in [0.25, 0.3) is 5.91 Å². The highest BCUT2D eigenvalue weighted by Crippen LogP contribution is 2.31. The number of carbonyl (C=O) groups is 1. The summed E-state index contributed by atoms with van der Waals surface area (Å²) >= 11 is 0. The van der Waals surface area contributed by atoms with Gasteiger partial charge in [-0.3, -0.25) is 4.79 Å². The Kier molecular flexibility index (Phi) is 5.85. The van der Waals surface area contributed by atoms with E-state index in [0.29, 0.717) is 23.6 Å². The molecule has 0 saturated carbocycles. The van der Waals surface area contributed by atoms with Crippen LogP contribution >= 0.6 is 0 Å². The van der Waals surface area contributed by atoms with E-state index in [1.807, 2.05) is 14.1 Å². The second kappa shape index (κ2) is 7.66. The van der Waals surface area contributed by atoms with Crippen molar-refractivity contribution in [3.63, 3.8) is 0 Å². The van der Waals surface area contributed by atoms with E-state index in [9.17, 15) is 4.79 Å². The van der Waals surface area contributed by atoms with Crippen molar-refractivity contribution >= 4 is 5.91 Å². The van der Waals surface area contributed by atoms with Gasteiger partial charge >= 0.3 is 0 Å². The molecule has 1 N–H and O–H groups in total. The fourth-order valence-electron chi connectivity index (χ4n) is 2.94. The summed E-state index contributed by atoms with van der Waals surface area (Å²) in [6.45, 7) is 2.01. The number of benzene rings is 1. The Hall–Kier alpha value is -1.79. The van der Waals surface area contributed by atoms with Crippen molar-refractivity contribution in [2.75, 3.05) is 48.1 Å². The van der Waals surface area contributed by atoms with Crippen molar-refractivity contribution in [2.24, 2.45) is 0 Å². The molecule has 0 radical (unpaired) electrons. The molecule has 1 amide bonds. The molecule has 1 aliphatic rings. The lowest BCUT2D eigenvalue weighted by Gasteiger charge is -2.42. The van der Waals surface area contributed by atoms with Crippen LogP contribution in [0.4, 0.5) is 0 Å². The molecule has 0 spiro atoms. The zero-order valence-corrected chi connectivity index (χ0v) is 14.3. The number of likely N-dealkylation sites (N-methyl/N-ethyl adjacent to an activating group) is 1. The van der Waals surface area contributed by atoms with Crippen LogP contribution in [-0.2, 0) is 4.74 Å². The minimum atomic E-state index is -0.159. The summed E-state index contributed by atoms with van der Waals surface area (Å²) in [6.07, 6.45) is 1.80. The average molecular weight is 322 g/mol. The highest BCUT2D eigenvalue weighted by Gasteiger charge is 2.35. The molecule has 1 fully saturated rings. The van der Waals surface area contributed by atoms with E-state index in [-0.39, 0.29) is 11.4 Å². The van der Waals surface area contributed by atoms with E-state index < -0.39 is 0 Å². The van der Waals surface area contributed by atoms with Gasteiger partial charge in [0.1, 0.15) is 0 Å². The quantitative estimate of drug-likeness (QED) is 0.861. The van der Waals surface area contributed by atoms with Crippen LogP contribution in [-0.4, -0.2) is 64.4 Å². The topological polar surface area (TPSA) is 60.0 Å². The molecule has 6 nitrogen and oxygen atoms in total. The minimum Gasteiger partial charge on any atom is -0.493 e. The molecule has 23 heavy (non-hydrogen) atoms. The Balaban J connectivity index is 2.13. The van der Waals surface area contributed by atoms with Crippen molar-refractivity contribution in [3.8, 4) is 11.5 Å². The molecule has 0 atom stereocenters. The third-order valence-corrected chi connectivity index (χ3v) is 4.60. The largest absolute Gasteiger partial charge is 0.493 e. The lowest BCUT2D eigenvalue weighted by atomic mass is 9.88. The maximum absolute atomic E-state index is 12.6. The molecule has 0 aromatic heterocycles. The predicted octanol–water partition coefficient (Wildman–Crippen LogP) is 1.54. The van der Waals surface area contributed by atoms with E-state index in [4.69, 9.17) is 14.2 Å². The van der Waals surface area contributed by atoms with Gasteiger partial charge in [-0.2, -0.15) is 0 Å². The highest BCUT2D eigenvalue weighted by molar-refractivity contribution is 5.97. The van der Waals surface area contributed by atoms with Gasteiger partial charge < -0.3 is 24.4 Å². The van der Waals surface area contributed by atoms with Gasteiger partial charge in [-0.1, -0.05) is 6.07 Å². The van der Waals surface area contributed by atoms with Gasteiger partial charge in [0.15, 0.2) is 11.5 Å². The number of carbonyl (C=O) groups excluding carboxylic acids is 1. The standard InChI is InChI=1S/C17H26N2O4/c1-19(2)17(8-10-23-11-9-17)12-18-16(20)13-6-5-7-14(21-3)15(13)22-4/h5-7H,8-12H2,1-4H3,(H,18,20). The third kappa shape index (κ3) is 3.76. The van der Waals surface area contributed by atoms with Crippen molar-refractivity contribution in [2.45, 2.75) is 18.4 Å². The fourth-order valence-corrected chi connectivity index (χ4v) is 2.94. The number of nitrogens with one attached hydrogen (secondary N) is 1. The number of rotatable bonds is 6. The number of hydrogen-bond acceptors (Lipinski definition) is 5. The molecule has 0 bridgehead atoms. The van der Waals surface area contributed by atoms with Crippen LogP contribution in [0.2, 0.25) is 0 Å². The van der Waals surface area contributed by atoms with Gasteiger partial charge in [-0.25, -0.2) is 0 Å². The molecular weight excluding hydrogens is 296 g/mol. The molecule has 1 aromatic carbocycles. The van der Waals surface area contributed by atoms with Crippen molar-refractivity contribution in [1.82, 2.24) is 10.2 Å². The lowest BCUT2D eigenvalue weighted by Crippen LogP contribution is -2.55. The molecule has 2 rings (SSSR count). The smallest absolute Gasteiger partial charge is 0.255 e. The van der Waals surface area contributed by atoms with Gasteiger partial charge in [0.05, 0.1) is 19.8 Å². The Bertz CT molecular complexity index is 539. The Labute approximate surface area is 137 Å². The van der Waals surface area contributed by atoms with E-state index in [0.717, 1.165) is 26.1 Å². The van der Waals surface area contributed by atoms with Gasteiger partial charge in [-0.05, 0) is 39.1 Å². The normalized spacial score (nSPS) is 16.9. The van der Waals surface area contributed by atoms with Crippen LogP contribution in [0.5, 0.6) is 11.5 Å². The van der Waals surface area contributed by atoms with E-state index in [1.165, 1.54) is 7.11 Å². The summed E-state index contributed by atoms with van der Waals surface area (Å²) in [7, 11) is 7.18. The van der Waals surface area contributed by atoms with Crippen LogP contribution in [0.1, 0.15) is 23.2 Å². The Morgan fingerprint density at radius 1 is 1.26 bits per heavy atom. The Morgan fingerprint density at radius 2 is 1.96 bits per heavy atom. The summed E-state index contributed by atoms with van der Waals surface area (Å²) < 4.78 is 16.0. The van der Waals surface area contributed by atoms with E-state index >= 15 is 0 Å². The molecule has 1 saturated heterocycles. The first kappa shape index (κ1) is 17.6. The summed E-state index contributed by atoms with van der Waals surface area (Å²) in [6, 6.07) is 5.30. The minimum absolute atomic E-state index is 0.0694. The molecule has 0 aliphatic carbocycles. The third-order valence-electron chi connectivity index (χ3n) is 4.60. The maximum Gasteiger partial charge on any atom is 0.255 e. The summed E-state index contributed by atoms with van der Waals surface area (Å²) in [5, 5.41) is 3.05. The summed E-state index contributed by atoms with van der Waals surface area (Å²) in [4.78, 5) is 14.8. The van der Waals surface area contributed by atoms with E-state index in [2.05, 4.69) is 10.2 Å². The molecule has 6 heteroatoms. The molecule has 1 aliphatic heterocycles. The molecular formula is C17H26N2O4. The van der Waals surface area contributed by atoms with Gasteiger partial charge in [0.2, 0.25) is 0 Å². The number of hydrogen-bond donors (Lipinski definition) is 1. The van der Waals surface area contributed by atoms with Crippen LogP contribution in [0, 0.1) is 0 Å². The highest BCUT2D eigenvalue weighted by atomic mass is 16.5. The SMILES string of the molecule is COc1cccc(C(=O)NCC2(N(C)C)CCOCC2)c1OC. The number of nitrogens with zero attached hydrogens (tertiary/aromatic N) is 1. The van der Waals surface area contributed by atoms with E-state index in [1.54, 1.807) is 25.3 Å². The second-order valence-electron chi connectivity index (χ2n) is 5.95. The first-order valence-corrected chi connectivity index (χ1v) is 7.78. The Morgan fingerprint density at radius 3 is 2.52 bits per heavy atom. The number of amides is 1. The summed E-state index contributed by atoms with van der Waals surface area (Å²) in [5.41, 5.74) is 0.410. The zero-order valence-electron chi connectivity index (χ0n) is 14.3. The predicted molar refractivity (Wildman–Crippen MR) is 88.4 cm³/mol. The molecule has 1 heterocycles. The fraction of sp³-hybridized carbons (Fsp3) is 0.588. The number of para-hydroxylation sites is 1. The summed E-state index contributed by atoms with van der Waals surface area (Å²) in [5.74, 6) is 0.848. The van der Waals surface area contributed by atoms with Gasteiger partial charge in [0, 0.05) is 25.3 Å². The molecule has 128 valence electrons. The maximum atomic E-state index is 12.6. The van der Waals surface area contributed by atoms with Crippen LogP contribution in [0.3, 0.4) is 0 Å². The van der Waals surface area contributed by atoms with Crippen molar-refractivity contribution in [1.29, 1.82) is 0 Å². The first-order valence-electron chi connectivity index (χ1n) is 7.78. The first-order chi connectivity index (χ1) is 11.0. The van der Waals surface area contributed by atoms with Crippen molar-refractivity contribution < 1.29 is 19.0 Å². The van der Waals surface area contributed by atoms with Gasteiger partial charge in [-0.15, -0.1) is 0 Å². The van der Waals surface area contributed by atoms with Crippen LogP contribution in [0.25, 0.3) is 0 Å². The van der Waals surface area contributed by atoms with Crippen LogP contribution in [0.15, 0.2) is 18.2 Å². The monoisotopic (exact) mass is 322 g/mol. The van der Waals surface area contributed by atoms with Crippen LogP contribution < -0.4 is 14.8 Å². The molecule has 1 aromatic rings. The number of methoxy groups -OCH3 is 2. The zero-order chi connectivity index (χ0) is 16.9. The van der Waals surface area contributed by atoms with Crippen molar-refractivity contribution in [3.05, 3.63) is 23.8 Å². The lowest BCUT2D eigenvalue weighted by molar-refractivity contribution is -0.00659. The second-order valence-corrected chi connectivity index (χ2v) is 5.95. The molecule has 0 unspecified atom stereocenters. The number of ether oxygens (including phenoxy) is 3.